The van der Waals surface area contributed by atoms with E-state index in [4.69, 9.17) is 5.73 Å². The van der Waals surface area contributed by atoms with Crippen LogP contribution in [0.5, 0.6) is 0 Å². The molecule has 0 saturated carbocycles. The molecule has 0 amide bonds. The quantitative estimate of drug-likeness (QED) is 0.716. The topological polar surface area (TPSA) is 69.8 Å². The Morgan fingerprint density at radius 2 is 1.86 bits per heavy atom. The summed E-state index contributed by atoms with van der Waals surface area (Å²) in [5.41, 5.74) is 5.50. The maximum atomic E-state index is 11.7. The van der Waals surface area contributed by atoms with Crippen LogP contribution in [0.25, 0.3) is 0 Å². The molecule has 0 saturated heterocycles. The van der Waals surface area contributed by atoms with Gasteiger partial charge in [0, 0.05) is 6.54 Å². The Hall–Kier alpha value is -1.43. The Balaban J connectivity index is 2.79. The van der Waals surface area contributed by atoms with Crippen molar-refractivity contribution in [3.63, 3.8) is 0 Å². The summed E-state index contributed by atoms with van der Waals surface area (Å²) in [6, 6.07) is 9.06. The SMILES string of the molecule is CCN(CCCN(C)C)CC(N)(C(=O)O)c1ccccc1. The van der Waals surface area contributed by atoms with Crippen LogP contribution < -0.4 is 5.73 Å². The Labute approximate surface area is 127 Å². The van der Waals surface area contributed by atoms with E-state index in [1.807, 2.05) is 39.2 Å². The number of hydrogen-bond donors (Lipinski definition) is 2. The van der Waals surface area contributed by atoms with Gasteiger partial charge in [0.1, 0.15) is 0 Å². The number of carbonyl (C=O) groups is 1. The van der Waals surface area contributed by atoms with Crippen molar-refractivity contribution in [2.24, 2.45) is 5.73 Å². The second kappa shape index (κ2) is 8.12. The number of hydrogen-bond acceptors (Lipinski definition) is 4. The molecule has 1 aromatic rings. The Morgan fingerprint density at radius 1 is 1.24 bits per heavy atom. The molecule has 0 fully saturated rings. The van der Waals surface area contributed by atoms with E-state index in [-0.39, 0.29) is 0 Å². The van der Waals surface area contributed by atoms with E-state index >= 15 is 0 Å². The highest BCUT2D eigenvalue weighted by molar-refractivity contribution is 5.80. The van der Waals surface area contributed by atoms with Crippen molar-refractivity contribution in [1.29, 1.82) is 0 Å². The van der Waals surface area contributed by atoms with Crippen molar-refractivity contribution in [2.45, 2.75) is 18.9 Å². The predicted octanol–water partition coefficient (Wildman–Crippen LogP) is 1.20. The average molecular weight is 293 g/mol. The highest BCUT2D eigenvalue weighted by Crippen LogP contribution is 2.20. The molecular weight excluding hydrogens is 266 g/mol. The predicted molar refractivity (Wildman–Crippen MR) is 85.2 cm³/mol. The van der Waals surface area contributed by atoms with Gasteiger partial charge in [0.15, 0.2) is 5.54 Å². The van der Waals surface area contributed by atoms with Gasteiger partial charge >= 0.3 is 5.97 Å². The van der Waals surface area contributed by atoms with Crippen molar-refractivity contribution in [1.82, 2.24) is 9.80 Å². The van der Waals surface area contributed by atoms with E-state index in [1.165, 1.54) is 0 Å². The maximum absolute atomic E-state index is 11.7. The van der Waals surface area contributed by atoms with Crippen LogP contribution in [-0.4, -0.2) is 61.2 Å². The normalized spacial score (nSPS) is 14.4. The zero-order valence-corrected chi connectivity index (χ0v) is 13.2. The second-order valence-corrected chi connectivity index (χ2v) is 5.67. The summed E-state index contributed by atoms with van der Waals surface area (Å²) in [7, 11) is 4.06. The van der Waals surface area contributed by atoms with Gasteiger partial charge in [-0.05, 0) is 45.7 Å². The van der Waals surface area contributed by atoms with E-state index in [0.29, 0.717) is 12.1 Å². The smallest absolute Gasteiger partial charge is 0.329 e. The zero-order chi connectivity index (χ0) is 15.9. The summed E-state index contributed by atoms with van der Waals surface area (Å²) in [5, 5.41) is 9.58. The summed E-state index contributed by atoms with van der Waals surface area (Å²) in [5.74, 6) is -0.986. The third kappa shape index (κ3) is 5.12. The lowest BCUT2D eigenvalue weighted by Crippen LogP contribution is -2.53. The molecule has 0 spiro atoms. The molecule has 1 rings (SSSR count). The van der Waals surface area contributed by atoms with E-state index in [2.05, 4.69) is 9.80 Å². The molecule has 0 aromatic heterocycles. The summed E-state index contributed by atoms with van der Waals surface area (Å²) in [6.45, 7) is 4.95. The highest BCUT2D eigenvalue weighted by atomic mass is 16.4. The molecule has 0 aliphatic carbocycles. The van der Waals surface area contributed by atoms with Gasteiger partial charge in [-0.15, -0.1) is 0 Å². The Morgan fingerprint density at radius 3 is 2.33 bits per heavy atom. The van der Waals surface area contributed by atoms with E-state index in [1.54, 1.807) is 12.1 Å². The molecule has 3 N–H and O–H groups in total. The fourth-order valence-corrected chi connectivity index (χ4v) is 2.33. The van der Waals surface area contributed by atoms with Crippen LogP contribution in [-0.2, 0) is 10.3 Å². The lowest BCUT2D eigenvalue weighted by molar-refractivity contribution is -0.144. The van der Waals surface area contributed by atoms with E-state index in [0.717, 1.165) is 26.1 Å². The van der Waals surface area contributed by atoms with Crippen LogP contribution in [0.2, 0.25) is 0 Å². The minimum atomic E-state index is -1.37. The molecule has 0 radical (unpaired) electrons. The van der Waals surface area contributed by atoms with Gasteiger partial charge in [-0.1, -0.05) is 37.3 Å². The van der Waals surface area contributed by atoms with Gasteiger partial charge in [0.05, 0.1) is 0 Å². The molecular formula is C16H27N3O2. The molecule has 0 aliphatic rings. The minimum Gasteiger partial charge on any atom is -0.480 e. The van der Waals surface area contributed by atoms with Crippen LogP contribution in [0, 0.1) is 0 Å². The van der Waals surface area contributed by atoms with Crippen molar-refractivity contribution < 1.29 is 9.90 Å². The van der Waals surface area contributed by atoms with Crippen LogP contribution >= 0.6 is 0 Å². The molecule has 1 aromatic carbocycles. The summed E-state index contributed by atoms with van der Waals surface area (Å²) >= 11 is 0. The fraction of sp³-hybridized carbons (Fsp3) is 0.562. The Bertz CT molecular complexity index is 436. The number of carboxylic acid groups (broad SMARTS) is 1. The number of benzene rings is 1. The molecule has 118 valence electrons. The average Bonchev–Trinajstić information content (AvgIpc) is 2.46. The van der Waals surface area contributed by atoms with Crippen LogP contribution in [0.1, 0.15) is 18.9 Å². The largest absolute Gasteiger partial charge is 0.480 e. The van der Waals surface area contributed by atoms with Gasteiger partial charge in [-0.3, -0.25) is 0 Å². The third-order valence-electron chi connectivity index (χ3n) is 3.67. The van der Waals surface area contributed by atoms with E-state index in [9.17, 15) is 9.90 Å². The summed E-state index contributed by atoms with van der Waals surface area (Å²) in [4.78, 5) is 15.9. The first-order valence-corrected chi connectivity index (χ1v) is 7.35. The van der Waals surface area contributed by atoms with Crippen LogP contribution in [0.4, 0.5) is 0 Å². The molecule has 5 nitrogen and oxygen atoms in total. The minimum absolute atomic E-state index is 0.316. The number of carboxylic acids is 1. The van der Waals surface area contributed by atoms with Crippen LogP contribution in [0.15, 0.2) is 30.3 Å². The van der Waals surface area contributed by atoms with Gasteiger partial charge in [-0.25, -0.2) is 4.79 Å². The van der Waals surface area contributed by atoms with Gasteiger partial charge in [-0.2, -0.15) is 0 Å². The molecule has 21 heavy (non-hydrogen) atoms. The van der Waals surface area contributed by atoms with E-state index < -0.39 is 11.5 Å². The monoisotopic (exact) mass is 293 g/mol. The first-order valence-electron chi connectivity index (χ1n) is 7.35. The van der Waals surface area contributed by atoms with Crippen molar-refractivity contribution in [3.05, 3.63) is 35.9 Å². The number of nitrogens with two attached hydrogens (primary N) is 1. The molecule has 0 aliphatic heterocycles. The van der Waals surface area contributed by atoms with Gasteiger partial charge in [0.2, 0.25) is 0 Å². The first-order chi connectivity index (χ1) is 9.90. The summed E-state index contributed by atoms with van der Waals surface area (Å²) < 4.78 is 0. The number of nitrogens with zero attached hydrogens (tertiary/aromatic N) is 2. The van der Waals surface area contributed by atoms with Crippen molar-refractivity contribution >= 4 is 5.97 Å². The number of likely N-dealkylation sites (N-methyl/N-ethyl adjacent to an activating group) is 1. The maximum Gasteiger partial charge on any atom is 0.329 e. The van der Waals surface area contributed by atoms with Crippen molar-refractivity contribution in [3.8, 4) is 0 Å². The molecule has 0 heterocycles. The molecule has 0 bridgehead atoms. The molecule has 1 atom stereocenters. The lowest BCUT2D eigenvalue weighted by atomic mass is 9.90. The Kier molecular flexibility index (Phi) is 6.81. The van der Waals surface area contributed by atoms with Crippen molar-refractivity contribution in [2.75, 3.05) is 40.3 Å². The van der Waals surface area contributed by atoms with Gasteiger partial charge in [0.25, 0.3) is 0 Å². The zero-order valence-electron chi connectivity index (χ0n) is 13.2. The third-order valence-corrected chi connectivity index (χ3v) is 3.67. The fourth-order valence-electron chi connectivity index (χ4n) is 2.33. The standard InChI is InChI=1S/C16H27N3O2/c1-4-19(12-8-11-18(2)3)13-16(17,15(20)21)14-9-6-5-7-10-14/h5-7,9-10H,4,8,11-13,17H2,1-3H3,(H,20,21). The molecule has 1 unspecified atom stereocenters. The second-order valence-electron chi connectivity index (χ2n) is 5.67. The summed E-state index contributed by atoms with van der Waals surface area (Å²) in [6.07, 6.45) is 0.991. The molecule has 5 heteroatoms. The van der Waals surface area contributed by atoms with Gasteiger partial charge < -0.3 is 20.6 Å². The number of rotatable bonds is 9. The lowest BCUT2D eigenvalue weighted by Gasteiger charge is -2.32. The van der Waals surface area contributed by atoms with Crippen LogP contribution in [0.3, 0.4) is 0 Å². The highest BCUT2D eigenvalue weighted by Gasteiger charge is 2.37. The number of aliphatic carboxylic acids is 1. The first kappa shape index (κ1) is 17.6.